The molecule has 0 aliphatic rings. The Balaban J connectivity index is 2.84. The van der Waals surface area contributed by atoms with Crippen molar-refractivity contribution in [3.05, 3.63) is 6.20 Å². The van der Waals surface area contributed by atoms with Crippen LogP contribution in [0.15, 0.2) is 6.20 Å². The summed E-state index contributed by atoms with van der Waals surface area (Å²) in [6, 6.07) is 0. The summed E-state index contributed by atoms with van der Waals surface area (Å²) in [7, 11) is 1.04. The van der Waals surface area contributed by atoms with Crippen LogP contribution in [0.4, 0.5) is 5.13 Å². The summed E-state index contributed by atoms with van der Waals surface area (Å²) in [4.78, 5) is 3.88. The van der Waals surface area contributed by atoms with Crippen molar-refractivity contribution in [2.24, 2.45) is 0 Å². The molecule has 8 heavy (non-hydrogen) atoms. The Morgan fingerprint density at radius 2 is 2.62 bits per heavy atom. The summed E-state index contributed by atoms with van der Waals surface area (Å²) >= 11 is 1.55. The number of rotatable bonds is 1. The van der Waals surface area contributed by atoms with Crippen molar-refractivity contribution in [2.75, 3.05) is 5.73 Å². The van der Waals surface area contributed by atoms with E-state index in [1.807, 2.05) is 6.20 Å². The zero-order chi connectivity index (χ0) is 5.98. The van der Waals surface area contributed by atoms with E-state index in [4.69, 9.17) is 5.73 Å². The molecule has 1 aromatic rings. The van der Waals surface area contributed by atoms with Crippen molar-refractivity contribution >= 4 is 28.5 Å². The van der Waals surface area contributed by atoms with Crippen molar-refractivity contribution in [3.8, 4) is 0 Å². The molecule has 4 heteroatoms. The molecule has 0 atom stereocenters. The lowest BCUT2D eigenvalue weighted by molar-refractivity contribution is 1.44. The SMILES string of the molecule is CBc1cnc(N)s1. The fourth-order valence-electron chi connectivity index (χ4n) is 0.486. The van der Waals surface area contributed by atoms with E-state index in [0.717, 1.165) is 7.28 Å². The van der Waals surface area contributed by atoms with E-state index >= 15 is 0 Å². The Morgan fingerprint density at radius 3 is 2.88 bits per heavy atom. The van der Waals surface area contributed by atoms with E-state index in [1.54, 1.807) is 11.3 Å². The monoisotopic (exact) mass is 126 g/mol. The highest BCUT2D eigenvalue weighted by molar-refractivity contribution is 7.24. The number of anilines is 1. The lowest BCUT2D eigenvalue weighted by atomic mass is 9.81. The number of nitrogens with two attached hydrogens (primary N) is 1. The first-order chi connectivity index (χ1) is 3.83. The van der Waals surface area contributed by atoms with E-state index in [-0.39, 0.29) is 0 Å². The van der Waals surface area contributed by atoms with Gasteiger partial charge in [-0.1, -0.05) is 6.82 Å². The van der Waals surface area contributed by atoms with Gasteiger partial charge in [-0.25, -0.2) is 4.98 Å². The first-order valence-corrected chi connectivity index (χ1v) is 3.34. The number of hydrogen-bond donors (Lipinski definition) is 1. The molecule has 0 aromatic carbocycles. The summed E-state index contributed by atoms with van der Waals surface area (Å²) in [5.41, 5.74) is 5.36. The molecule has 0 radical (unpaired) electrons. The first-order valence-electron chi connectivity index (χ1n) is 2.53. The minimum atomic E-state index is 0.668. The van der Waals surface area contributed by atoms with Crippen molar-refractivity contribution in [1.82, 2.24) is 4.98 Å². The number of nitrogens with zero attached hydrogens (tertiary/aromatic N) is 1. The Hall–Kier alpha value is -0.505. The second-order valence-corrected chi connectivity index (χ2v) is 2.67. The zero-order valence-corrected chi connectivity index (χ0v) is 5.53. The molecule has 0 unspecified atom stereocenters. The third-order valence-corrected chi connectivity index (χ3v) is 1.89. The second-order valence-electron chi connectivity index (χ2n) is 1.52. The molecule has 0 saturated heterocycles. The van der Waals surface area contributed by atoms with Gasteiger partial charge in [0.2, 0.25) is 0 Å². The van der Waals surface area contributed by atoms with Gasteiger partial charge in [0, 0.05) is 6.20 Å². The zero-order valence-electron chi connectivity index (χ0n) is 4.72. The predicted octanol–water partition coefficient (Wildman–Crippen LogP) is -0.165. The molecule has 1 rings (SSSR count). The van der Waals surface area contributed by atoms with Gasteiger partial charge in [-0.2, -0.15) is 0 Å². The Kier molecular flexibility index (Phi) is 1.53. The summed E-state index contributed by atoms with van der Waals surface area (Å²) in [6.45, 7) is 2.09. The largest absolute Gasteiger partial charge is 0.375 e. The smallest absolute Gasteiger partial charge is 0.179 e. The molecule has 2 nitrogen and oxygen atoms in total. The van der Waals surface area contributed by atoms with Crippen LogP contribution in [0.1, 0.15) is 0 Å². The molecule has 2 N–H and O–H groups in total. The standard InChI is InChI=1S/C4H7BN2S/c1-5-3-2-7-4(6)8-3/h2,5H,1H3,(H2,6,7). The van der Waals surface area contributed by atoms with E-state index in [0.29, 0.717) is 5.13 Å². The van der Waals surface area contributed by atoms with Crippen molar-refractivity contribution in [3.63, 3.8) is 0 Å². The van der Waals surface area contributed by atoms with Crippen molar-refractivity contribution in [2.45, 2.75) is 6.82 Å². The van der Waals surface area contributed by atoms with Crippen LogP contribution in [0.3, 0.4) is 0 Å². The Bertz CT molecular complexity index is 174. The van der Waals surface area contributed by atoms with Crippen LogP contribution in [0.25, 0.3) is 0 Å². The molecule has 0 aliphatic carbocycles. The normalized spacial score (nSPS) is 9.12. The van der Waals surface area contributed by atoms with Crippen LogP contribution in [0, 0.1) is 0 Å². The maximum atomic E-state index is 5.36. The fourth-order valence-corrected chi connectivity index (χ4v) is 1.11. The van der Waals surface area contributed by atoms with Crippen LogP contribution in [-0.2, 0) is 0 Å². The summed E-state index contributed by atoms with van der Waals surface area (Å²) in [5, 5.41) is 0.668. The van der Waals surface area contributed by atoms with E-state index in [2.05, 4.69) is 11.8 Å². The summed E-state index contributed by atoms with van der Waals surface area (Å²) < 4.78 is 1.25. The van der Waals surface area contributed by atoms with Crippen LogP contribution in [-0.4, -0.2) is 12.3 Å². The Morgan fingerprint density at radius 1 is 1.88 bits per heavy atom. The van der Waals surface area contributed by atoms with Gasteiger partial charge >= 0.3 is 0 Å². The minimum absolute atomic E-state index is 0.668. The van der Waals surface area contributed by atoms with E-state index in [9.17, 15) is 0 Å². The second kappa shape index (κ2) is 2.18. The average Bonchev–Trinajstić information content (AvgIpc) is 2.14. The summed E-state index contributed by atoms with van der Waals surface area (Å²) in [5.74, 6) is 0. The van der Waals surface area contributed by atoms with E-state index < -0.39 is 0 Å². The van der Waals surface area contributed by atoms with Gasteiger partial charge in [0.15, 0.2) is 12.4 Å². The molecule has 0 amide bonds. The molecule has 1 heterocycles. The number of nitrogen functional groups attached to an aromatic ring is 1. The number of thiazole rings is 1. The molecule has 42 valence electrons. The third kappa shape index (κ3) is 1.01. The highest BCUT2D eigenvalue weighted by atomic mass is 32.1. The fraction of sp³-hybridized carbons (Fsp3) is 0.250. The van der Waals surface area contributed by atoms with Gasteiger partial charge in [-0.3, -0.25) is 0 Å². The van der Waals surface area contributed by atoms with Gasteiger partial charge in [-0.05, 0) is 4.78 Å². The highest BCUT2D eigenvalue weighted by Gasteiger charge is 1.93. The topological polar surface area (TPSA) is 38.9 Å². The van der Waals surface area contributed by atoms with Crippen LogP contribution >= 0.6 is 11.3 Å². The maximum absolute atomic E-state index is 5.36. The molecule has 1 aromatic heterocycles. The average molecular weight is 126 g/mol. The van der Waals surface area contributed by atoms with Gasteiger partial charge in [0.1, 0.15) is 0 Å². The highest BCUT2D eigenvalue weighted by Crippen LogP contribution is 2.00. The van der Waals surface area contributed by atoms with Crippen LogP contribution in [0.2, 0.25) is 6.82 Å². The molecular formula is C4H7BN2S. The predicted molar refractivity (Wildman–Crippen MR) is 39.2 cm³/mol. The van der Waals surface area contributed by atoms with Crippen molar-refractivity contribution < 1.29 is 0 Å². The van der Waals surface area contributed by atoms with Crippen LogP contribution < -0.4 is 10.5 Å². The third-order valence-electron chi connectivity index (χ3n) is 0.920. The number of aromatic nitrogens is 1. The van der Waals surface area contributed by atoms with Crippen LogP contribution in [0.5, 0.6) is 0 Å². The van der Waals surface area contributed by atoms with Gasteiger partial charge < -0.3 is 5.73 Å². The number of hydrogen-bond acceptors (Lipinski definition) is 3. The Labute approximate surface area is 53.0 Å². The molecule has 0 bridgehead atoms. The molecule has 0 aliphatic heterocycles. The molecular weight excluding hydrogens is 119 g/mol. The van der Waals surface area contributed by atoms with Crippen molar-refractivity contribution in [1.29, 1.82) is 0 Å². The van der Waals surface area contributed by atoms with Gasteiger partial charge in [0.05, 0.1) is 0 Å². The van der Waals surface area contributed by atoms with Gasteiger partial charge in [-0.15, -0.1) is 11.3 Å². The molecule has 0 spiro atoms. The van der Waals surface area contributed by atoms with Gasteiger partial charge in [0.25, 0.3) is 0 Å². The molecule has 0 saturated carbocycles. The van der Waals surface area contributed by atoms with E-state index in [1.165, 1.54) is 4.78 Å². The minimum Gasteiger partial charge on any atom is -0.375 e. The first kappa shape index (κ1) is 5.63. The lowest BCUT2D eigenvalue weighted by Crippen LogP contribution is -2.02. The summed E-state index contributed by atoms with van der Waals surface area (Å²) in [6.07, 6.45) is 1.82. The maximum Gasteiger partial charge on any atom is 0.179 e. The quantitative estimate of drug-likeness (QED) is 0.530. The molecule has 0 fully saturated rings. The lowest BCUT2D eigenvalue weighted by Gasteiger charge is -1.75.